The van der Waals surface area contributed by atoms with Gasteiger partial charge in [0.25, 0.3) is 6.33 Å². The van der Waals surface area contributed by atoms with Gasteiger partial charge in [0.05, 0.1) is 13.2 Å². The van der Waals surface area contributed by atoms with E-state index in [-0.39, 0.29) is 0 Å². The summed E-state index contributed by atoms with van der Waals surface area (Å²) in [6, 6.07) is 8.71. The lowest BCUT2D eigenvalue weighted by molar-refractivity contribution is -0.674. The monoisotopic (exact) mass is 255 g/mol. The molecule has 0 saturated heterocycles. The average Bonchev–Trinajstić information content (AvgIpc) is 2.38. The zero-order valence-corrected chi connectivity index (χ0v) is 12.5. The van der Waals surface area contributed by atoms with Gasteiger partial charge in [-0.25, -0.2) is 4.57 Å². The summed E-state index contributed by atoms with van der Waals surface area (Å²) in [6.45, 7) is 8.97. The van der Waals surface area contributed by atoms with Crippen molar-refractivity contribution < 1.29 is 4.57 Å². The normalized spacial score (nSPS) is 11.3. The van der Waals surface area contributed by atoms with Crippen molar-refractivity contribution >= 4 is 0 Å². The fourth-order valence-electron chi connectivity index (χ4n) is 2.42. The van der Waals surface area contributed by atoms with Crippen LogP contribution >= 0.6 is 0 Å². The summed E-state index contributed by atoms with van der Waals surface area (Å²) < 4.78 is 1.97. The Kier molecular flexibility index (Phi) is 3.98. The number of benzene rings is 1. The van der Waals surface area contributed by atoms with E-state index in [1.54, 1.807) is 0 Å². The molecule has 0 unspecified atom stereocenters. The fourth-order valence-corrected chi connectivity index (χ4v) is 2.42. The first-order valence-electron chi connectivity index (χ1n) is 6.95. The van der Waals surface area contributed by atoms with Crippen molar-refractivity contribution in [3.63, 3.8) is 0 Å². The summed E-state index contributed by atoms with van der Waals surface area (Å²) in [5, 5.41) is 0. The summed E-state index contributed by atoms with van der Waals surface area (Å²) in [4.78, 5) is 4.60. The van der Waals surface area contributed by atoms with Crippen molar-refractivity contribution in [2.75, 3.05) is 0 Å². The molecule has 0 aliphatic carbocycles. The Hall–Kier alpha value is -1.70. The molecule has 1 aromatic carbocycles. The van der Waals surface area contributed by atoms with Gasteiger partial charge in [-0.05, 0) is 27.9 Å². The highest BCUT2D eigenvalue weighted by molar-refractivity contribution is 5.69. The van der Waals surface area contributed by atoms with E-state index in [0.29, 0.717) is 11.8 Å². The number of nitrogens with zero attached hydrogens (tertiary/aromatic N) is 2. The number of aromatic nitrogens is 2. The molecule has 0 N–H and O–H groups in total. The van der Waals surface area contributed by atoms with Crippen LogP contribution in [0.2, 0.25) is 0 Å². The first-order valence-corrected chi connectivity index (χ1v) is 6.95. The molecule has 1 aromatic heterocycles. The van der Waals surface area contributed by atoms with Crippen LogP contribution in [-0.4, -0.2) is 4.98 Å². The van der Waals surface area contributed by atoms with Crippen molar-refractivity contribution in [3.05, 3.63) is 47.9 Å². The summed E-state index contributed by atoms with van der Waals surface area (Å²) in [5.74, 6) is 1.01. The first-order chi connectivity index (χ1) is 9.00. The number of aryl methyl sites for hydroxylation is 1. The van der Waals surface area contributed by atoms with Crippen molar-refractivity contribution in [1.82, 2.24) is 4.98 Å². The summed E-state index contributed by atoms with van der Waals surface area (Å²) in [7, 11) is 1.99. The average molecular weight is 255 g/mol. The van der Waals surface area contributed by atoms with E-state index in [4.69, 9.17) is 0 Å². The molecule has 0 spiro atoms. The smallest absolute Gasteiger partial charge is 0.240 e. The highest BCUT2D eigenvalue weighted by Gasteiger charge is 2.18. The largest absolute Gasteiger partial charge is 0.286 e. The van der Waals surface area contributed by atoms with E-state index in [9.17, 15) is 0 Å². The summed E-state index contributed by atoms with van der Waals surface area (Å²) in [6.07, 6.45) is 3.93. The molecule has 0 amide bonds. The molecule has 2 nitrogen and oxygen atoms in total. The van der Waals surface area contributed by atoms with E-state index < -0.39 is 0 Å². The number of hydrogen-bond acceptors (Lipinski definition) is 1. The number of hydrogen-bond donors (Lipinski definition) is 0. The Balaban J connectivity index is 2.67. The maximum atomic E-state index is 4.60. The van der Waals surface area contributed by atoms with Crippen LogP contribution in [0.15, 0.2) is 36.8 Å². The van der Waals surface area contributed by atoms with Gasteiger partial charge in [0.15, 0.2) is 5.69 Å². The Labute approximate surface area is 116 Å². The molecule has 100 valence electrons. The lowest BCUT2D eigenvalue weighted by Crippen LogP contribution is -2.27. The van der Waals surface area contributed by atoms with Gasteiger partial charge >= 0.3 is 0 Å². The summed E-state index contributed by atoms with van der Waals surface area (Å²) in [5.41, 5.74) is 5.15. The van der Waals surface area contributed by atoms with E-state index in [1.807, 2.05) is 17.9 Å². The molecule has 2 rings (SSSR count). The van der Waals surface area contributed by atoms with Crippen LogP contribution in [0.5, 0.6) is 0 Å². The lowest BCUT2D eigenvalue weighted by atomic mass is 9.87. The van der Waals surface area contributed by atoms with Gasteiger partial charge in [0.2, 0.25) is 0 Å². The molecule has 0 bridgehead atoms. The van der Waals surface area contributed by atoms with Crippen LogP contribution in [0, 0.1) is 0 Å². The van der Waals surface area contributed by atoms with Gasteiger partial charge < -0.3 is 0 Å². The van der Waals surface area contributed by atoms with Crippen LogP contribution in [0.25, 0.3) is 11.3 Å². The minimum atomic E-state index is 0.504. The molecular weight excluding hydrogens is 232 g/mol. The predicted molar refractivity (Wildman–Crippen MR) is 79.0 cm³/mol. The standard InChI is InChI=1S/C17H23N2/c1-12(2)14-7-6-8-15(13(3)4)17(14)16-9-10-19(5)11-18-16/h6-13H,1-5H3/q+1. The SMILES string of the molecule is CC(C)c1cccc(C(C)C)c1-c1cc[n+](C)cn1. The molecule has 0 aliphatic heterocycles. The van der Waals surface area contributed by atoms with Crippen molar-refractivity contribution in [3.8, 4) is 11.3 Å². The van der Waals surface area contributed by atoms with Crippen LogP contribution in [0.1, 0.15) is 50.7 Å². The van der Waals surface area contributed by atoms with E-state index in [1.165, 1.54) is 16.7 Å². The molecule has 0 fully saturated rings. The third-order valence-electron chi connectivity index (χ3n) is 3.48. The summed E-state index contributed by atoms with van der Waals surface area (Å²) >= 11 is 0. The Morgan fingerprint density at radius 3 is 1.95 bits per heavy atom. The fraction of sp³-hybridized carbons (Fsp3) is 0.412. The maximum absolute atomic E-state index is 4.60. The highest BCUT2D eigenvalue weighted by Crippen LogP contribution is 2.34. The molecule has 0 radical (unpaired) electrons. The molecule has 2 aromatic rings. The zero-order chi connectivity index (χ0) is 14.0. The van der Waals surface area contributed by atoms with Gasteiger partial charge in [0, 0.05) is 11.6 Å². The lowest BCUT2D eigenvalue weighted by Gasteiger charge is -2.17. The highest BCUT2D eigenvalue weighted by atomic mass is 15.0. The van der Waals surface area contributed by atoms with E-state index in [2.05, 4.69) is 63.1 Å². The van der Waals surface area contributed by atoms with Gasteiger partial charge in [-0.2, -0.15) is 0 Å². The second-order valence-corrected chi connectivity index (χ2v) is 5.73. The van der Waals surface area contributed by atoms with Crippen molar-refractivity contribution in [2.45, 2.75) is 39.5 Å². The van der Waals surface area contributed by atoms with Gasteiger partial charge in [-0.1, -0.05) is 45.9 Å². The minimum Gasteiger partial charge on any atom is -0.240 e. The second kappa shape index (κ2) is 5.52. The predicted octanol–water partition coefficient (Wildman–Crippen LogP) is 3.82. The van der Waals surface area contributed by atoms with Crippen LogP contribution in [0.4, 0.5) is 0 Å². The van der Waals surface area contributed by atoms with E-state index in [0.717, 1.165) is 5.69 Å². The molecule has 1 heterocycles. The third-order valence-corrected chi connectivity index (χ3v) is 3.48. The Morgan fingerprint density at radius 2 is 1.53 bits per heavy atom. The Bertz CT molecular complexity index is 528. The topological polar surface area (TPSA) is 16.8 Å². The van der Waals surface area contributed by atoms with Gasteiger partial charge in [-0.3, -0.25) is 0 Å². The molecule has 0 atom stereocenters. The molecular formula is C17H23N2+. The van der Waals surface area contributed by atoms with Gasteiger partial charge in [-0.15, -0.1) is 0 Å². The zero-order valence-electron chi connectivity index (χ0n) is 12.5. The Morgan fingerprint density at radius 1 is 0.947 bits per heavy atom. The molecule has 19 heavy (non-hydrogen) atoms. The maximum Gasteiger partial charge on any atom is 0.286 e. The molecule has 0 aliphatic rings. The molecule has 2 heteroatoms. The van der Waals surface area contributed by atoms with E-state index >= 15 is 0 Å². The minimum absolute atomic E-state index is 0.504. The van der Waals surface area contributed by atoms with Crippen LogP contribution in [-0.2, 0) is 7.05 Å². The quantitative estimate of drug-likeness (QED) is 0.762. The first kappa shape index (κ1) is 13.7. The number of rotatable bonds is 3. The molecule has 0 saturated carbocycles. The van der Waals surface area contributed by atoms with Gasteiger partial charge in [0.1, 0.15) is 0 Å². The second-order valence-electron chi connectivity index (χ2n) is 5.73. The van der Waals surface area contributed by atoms with Crippen molar-refractivity contribution in [2.24, 2.45) is 7.05 Å². The van der Waals surface area contributed by atoms with Crippen LogP contribution in [0.3, 0.4) is 0 Å². The van der Waals surface area contributed by atoms with Crippen LogP contribution < -0.4 is 4.57 Å². The van der Waals surface area contributed by atoms with Crippen molar-refractivity contribution in [1.29, 1.82) is 0 Å². The third kappa shape index (κ3) is 2.83.